The van der Waals surface area contributed by atoms with E-state index in [4.69, 9.17) is 4.74 Å². The number of thioether (sulfide) groups is 1. The number of amides is 1. The number of carbonyl (C=O) groups excluding carboxylic acids is 1. The number of anilines is 2. The summed E-state index contributed by atoms with van der Waals surface area (Å²) in [5, 5.41) is 13.1. The molecule has 0 radical (unpaired) electrons. The van der Waals surface area contributed by atoms with Crippen molar-refractivity contribution in [3.8, 4) is 0 Å². The number of hydrogen-bond acceptors (Lipinski definition) is 8. The first-order chi connectivity index (χ1) is 16.2. The largest absolute Gasteiger partial charge is 0.378 e. The van der Waals surface area contributed by atoms with Crippen LogP contribution in [0, 0.1) is 6.92 Å². The molecule has 0 unspecified atom stereocenters. The minimum Gasteiger partial charge on any atom is -0.378 e. The highest BCUT2D eigenvalue weighted by atomic mass is 32.2. The number of carbonyl (C=O) groups is 1. The van der Waals surface area contributed by atoms with Crippen LogP contribution in [0.3, 0.4) is 0 Å². The number of morpholine rings is 1. The Morgan fingerprint density at radius 1 is 1.15 bits per heavy atom. The van der Waals surface area contributed by atoms with Crippen LogP contribution in [-0.2, 0) is 16.1 Å². The normalized spacial score (nSPS) is 14.0. The molecule has 0 aliphatic carbocycles. The maximum Gasteiger partial charge on any atom is 0.236 e. The summed E-state index contributed by atoms with van der Waals surface area (Å²) in [6, 6.07) is 16.3. The molecule has 8 nitrogen and oxygen atoms in total. The maximum absolute atomic E-state index is 12.7. The Hall–Kier alpha value is -2.95. The van der Waals surface area contributed by atoms with E-state index in [1.807, 2.05) is 37.3 Å². The van der Waals surface area contributed by atoms with Crippen molar-refractivity contribution in [1.29, 1.82) is 0 Å². The Balaban J connectivity index is 1.30. The van der Waals surface area contributed by atoms with Gasteiger partial charge in [0.15, 0.2) is 10.3 Å². The predicted molar refractivity (Wildman–Crippen MR) is 132 cm³/mol. The molecule has 4 aromatic rings. The molecule has 1 aliphatic rings. The molecule has 1 amide bonds. The van der Waals surface area contributed by atoms with Gasteiger partial charge in [-0.2, -0.15) is 0 Å². The molecular formula is C23H24N6O2S2. The Kier molecular flexibility index (Phi) is 6.56. The number of thiazole rings is 1. The highest BCUT2D eigenvalue weighted by Gasteiger charge is 2.21. The number of nitrogens with one attached hydrogen (secondary N) is 1. The second kappa shape index (κ2) is 9.90. The zero-order valence-corrected chi connectivity index (χ0v) is 19.9. The Bertz CT molecular complexity index is 1250. The second-order valence-corrected chi connectivity index (χ2v) is 9.75. The van der Waals surface area contributed by atoms with Crippen LogP contribution in [0.15, 0.2) is 53.7 Å². The van der Waals surface area contributed by atoms with Gasteiger partial charge < -0.3 is 15.0 Å². The van der Waals surface area contributed by atoms with Crippen LogP contribution in [0.25, 0.3) is 10.2 Å². The molecule has 5 rings (SSSR count). The van der Waals surface area contributed by atoms with Gasteiger partial charge in [0.1, 0.15) is 0 Å². The summed E-state index contributed by atoms with van der Waals surface area (Å²) in [6.45, 7) is 5.58. The van der Waals surface area contributed by atoms with Gasteiger partial charge >= 0.3 is 0 Å². The van der Waals surface area contributed by atoms with Gasteiger partial charge in [-0.05, 0) is 30.2 Å². The lowest BCUT2D eigenvalue weighted by Gasteiger charge is -2.28. The molecule has 33 heavy (non-hydrogen) atoms. The predicted octanol–water partition coefficient (Wildman–Crippen LogP) is 3.81. The lowest BCUT2D eigenvalue weighted by atomic mass is 10.2. The number of ether oxygens (including phenoxy) is 1. The molecule has 10 heteroatoms. The molecule has 1 fully saturated rings. The number of nitrogens with zero attached hydrogens (tertiary/aromatic N) is 5. The molecule has 1 saturated heterocycles. The quantitative estimate of drug-likeness (QED) is 0.403. The van der Waals surface area contributed by atoms with Gasteiger partial charge in [0.25, 0.3) is 0 Å². The van der Waals surface area contributed by atoms with Crippen molar-refractivity contribution in [2.45, 2.75) is 18.6 Å². The van der Waals surface area contributed by atoms with Crippen molar-refractivity contribution in [1.82, 2.24) is 19.7 Å². The minimum atomic E-state index is -0.113. The summed E-state index contributed by atoms with van der Waals surface area (Å²) in [5.41, 5.74) is 3.22. The second-order valence-electron chi connectivity index (χ2n) is 7.78. The van der Waals surface area contributed by atoms with Gasteiger partial charge in [0.05, 0.1) is 35.7 Å². The van der Waals surface area contributed by atoms with Gasteiger partial charge in [-0.25, -0.2) is 4.98 Å². The third-order valence-electron chi connectivity index (χ3n) is 5.30. The summed E-state index contributed by atoms with van der Waals surface area (Å²) in [5.74, 6) is 0.926. The molecule has 0 spiro atoms. The van der Waals surface area contributed by atoms with E-state index in [0.717, 1.165) is 40.0 Å². The van der Waals surface area contributed by atoms with Crippen molar-refractivity contribution < 1.29 is 9.53 Å². The topological polar surface area (TPSA) is 85.2 Å². The van der Waals surface area contributed by atoms with Gasteiger partial charge in [-0.1, -0.05) is 59.5 Å². The molecule has 1 aliphatic heterocycles. The standard InChI is InChI=1S/C23H24N6O2S2/c1-16-7-8-18-19(13-16)33-21(24-18)25-20(30)15-32-23-27-26-22(28-9-11-31-12-10-28)29(23)14-17-5-3-2-4-6-17/h2-8,13H,9-12,14-15H2,1H3,(H,24,25,30). The highest BCUT2D eigenvalue weighted by molar-refractivity contribution is 7.99. The maximum atomic E-state index is 12.7. The fourth-order valence-electron chi connectivity index (χ4n) is 3.66. The van der Waals surface area contributed by atoms with Crippen molar-refractivity contribution in [3.63, 3.8) is 0 Å². The molecule has 0 atom stereocenters. The molecule has 2 aromatic carbocycles. The summed E-state index contributed by atoms with van der Waals surface area (Å²) >= 11 is 2.87. The van der Waals surface area contributed by atoms with Crippen LogP contribution in [0.1, 0.15) is 11.1 Å². The molecule has 170 valence electrons. The Labute approximate surface area is 200 Å². The highest BCUT2D eigenvalue weighted by Crippen LogP contribution is 2.28. The Morgan fingerprint density at radius 3 is 2.79 bits per heavy atom. The lowest BCUT2D eigenvalue weighted by molar-refractivity contribution is -0.113. The van der Waals surface area contributed by atoms with Crippen LogP contribution >= 0.6 is 23.1 Å². The SMILES string of the molecule is Cc1ccc2nc(NC(=O)CSc3nnc(N4CCOCC4)n3Cc3ccccc3)sc2c1. The van der Waals surface area contributed by atoms with Crippen LogP contribution in [0.4, 0.5) is 11.1 Å². The zero-order chi connectivity index (χ0) is 22.6. The number of aromatic nitrogens is 4. The van der Waals surface area contributed by atoms with E-state index in [1.54, 1.807) is 0 Å². The lowest BCUT2D eigenvalue weighted by Crippen LogP contribution is -2.38. The van der Waals surface area contributed by atoms with E-state index in [2.05, 4.69) is 48.2 Å². The third-order valence-corrected chi connectivity index (χ3v) is 7.20. The fraction of sp³-hybridized carbons (Fsp3) is 0.304. The molecule has 1 N–H and O–H groups in total. The minimum absolute atomic E-state index is 0.113. The van der Waals surface area contributed by atoms with Crippen molar-refractivity contribution in [2.75, 3.05) is 42.3 Å². The van der Waals surface area contributed by atoms with Gasteiger partial charge in [0, 0.05) is 13.1 Å². The third kappa shape index (κ3) is 5.18. The Morgan fingerprint density at radius 2 is 1.97 bits per heavy atom. The summed E-state index contributed by atoms with van der Waals surface area (Å²) in [7, 11) is 0. The van der Waals surface area contributed by atoms with Gasteiger partial charge in [-0.3, -0.25) is 9.36 Å². The number of fused-ring (bicyclic) bond motifs is 1. The molecule has 0 saturated carbocycles. The first-order valence-electron chi connectivity index (χ1n) is 10.8. The number of hydrogen-bond donors (Lipinski definition) is 1. The van der Waals surface area contributed by atoms with E-state index in [-0.39, 0.29) is 11.7 Å². The molecule has 0 bridgehead atoms. The van der Waals surface area contributed by atoms with Gasteiger partial charge in [0.2, 0.25) is 11.9 Å². The molecular weight excluding hydrogens is 456 g/mol. The monoisotopic (exact) mass is 480 g/mol. The van der Waals surface area contributed by atoms with Crippen LogP contribution < -0.4 is 10.2 Å². The zero-order valence-electron chi connectivity index (χ0n) is 18.2. The van der Waals surface area contributed by atoms with E-state index in [1.165, 1.54) is 28.7 Å². The average molecular weight is 481 g/mol. The van der Waals surface area contributed by atoms with Crippen LogP contribution in [0.5, 0.6) is 0 Å². The van der Waals surface area contributed by atoms with Crippen molar-refractivity contribution in [2.24, 2.45) is 0 Å². The van der Waals surface area contributed by atoms with Crippen LogP contribution in [0.2, 0.25) is 0 Å². The van der Waals surface area contributed by atoms with Crippen LogP contribution in [-0.4, -0.2) is 57.7 Å². The van der Waals surface area contributed by atoms with E-state index >= 15 is 0 Å². The summed E-state index contributed by atoms with van der Waals surface area (Å²) in [4.78, 5) is 19.4. The fourth-order valence-corrected chi connectivity index (χ4v) is 5.37. The summed E-state index contributed by atoms with van der Waals surface area (Å²) in [6.07, 6.45) is 0. The van der Waals surface area contributed by atoms with Gasteiger partial charge in [-0.15, -0.1) is 10.2 Å². The first-order valence-corrected chi connectivity index (χ1v) is 12.6. The number of rotatable bonds is 7. The van der Waals surface area contributed by atoms with Crippen molar-refractivity contribution >= 4 is 50.3 Å². The molecule has 2 aromatic heterocycles. The molecule has 3 heterocycles. The average Bonchev–Trinajstić information content (AvgIpc) is 3.42. The number of benzene rings is 2. The van der Waals surface area contributed by atoms with E-state index in [0.29, 0.717) is 24.9 Å². The number of aryl methyl sites for hydroxylation is 1. The smallest absolute Gasteiger partial charge is 0.236 e. The van der Waals surface area contributed by atoms with E-state index < -0.39 is 0 Å². The first kappa shape index (κ1) is 21.9. The summed E-state index contributed by atoms with van der Waals surface area (Å²) < 4.78 is 8.64. The van der Waals surface area contributed by atoms with E-state index in [9.17, 15) is 4.79 Å². The van der Waals surface area contributed by atoms with Crippen molar-refractivity contribution in [3.05, 3.63) is 59.7 Å².